The van der Waals surface area contributed by atoms with Crippen molar-refractivity contribution in [1.29, 1.82) is 0 Å². The molecule has 0 aliphatic rings. The van der Waals surface area contributed by atoms with Gasteiger partial charge >= 0.3 is 0 Å². The molecule has 0 radical (unpaired) electrons. The summed E-state index contributed by atoms with van der Waals surface area (Å²) in [4.78, 5) is 0. The molecular formula is C10H24O6. The average molecular weight is 240 g/mol. The van der Waals surface area contributed by atoms with Crippen LogP contribution in [0.15, 0.2) is 0 Å². The summed E-state index contributed by atoms with van der Waals surface area (Å²) in [5, 5.41) is 50.5. The third kappa shape index (κ3) is 9.02. The highest BCUT2D eigenvalue weighted by atomic mass is 16.5. The summed E-state index contributed by atoms with van der Waals surface area (Å²) in [5.74, 6) is 0. The van der Waals surface area contributed by atoms with Gasteiger partial charge in [0.2, 0.25) is 0 Å². The van der Waals surface area contributed by atoms with Crippen LogP contribution in [0, 0.1) is 5.41 Å². The Hall–Kier alpha value is -0.240. The van der Waals surface area contributed by atoms with Gasteiger partial charge in [0.15, 0.2) is 6.29 Å². The van der Waals surface area contributed by atoms with E-state index in [-0.39, 0.29) is 0 Å². The van der Waals surface area contributed by atoms with Gasteiger partial charge in [-0.2, -0.15) is 0 Å². The second kappa shape index (κ2) is 11.3. The largest absolute Gasteiger partial charge is 0.396 e. The molecule has 0 saturated heterocycles. The molecule has 0 spiro atoms. The van der Waals surface area contributed by atoms with Crippen molar-refractivity contribution in [3.05, 3.63) is 0 Å². The molecule has 16 heavy (non-hydrogen) atoms. The van der Waals surface area contributed by atoms with Crippen LogP contribution in [0.4, 0.5) is 0 Å². The van der Waals surface area contributed by atoms with Crippen LogP contribution in [-0.4, -0.2) is 63.4 Å². The number of unbranched alkanes of at least 4 members (excludes halogenated alkanes) is 1. The fourth-order valence-corrected chi connectivity index (χ4v) is 0.687. The molecule has 6 N–H and O–H groups in total. The van der Waals surface area contributed by atoms with Gasteiger partial charge in [-0.1, -0.05) is 13.3 Å². The highest BCUT2D eigenvalue weighted by Gasteiger charge is 2.26. The van der Waals surface area contributed by atoms with E-state index in [1.54, 1.807) is 0 Å². The molecule has 0 saturated carbocycles. The van der Waals surface area contributed by atoms with E-state index in [1.807, 2.05) is 6.92 Å². The zero-order valence-corrected chi connectivity index (χ0v) is 9.71. The van der Waals surface area contributed by atoms with Crippen molar-refractivity contribution in [2.45, 2.75) is 32.5 Å². The molecule has 0 aromatic heterocycles. The Bertz CT molecular complexity index is 118. The van der Waals surface area contributed by atoms with Crippen molar-refractivity contribution in [3.8, 4) is 0 Å². The van der Waals surface area contributed by atoms with Gasteiger partial charge < -0.3 is 30.6 Å². The summed E-state index contributed by atoms with van der Waals surface area (Å²) in [7, 11) is 0. The maximum absolute atomic E-state index is 8.50. The lowest BCUT2D eigenvalue weighted by molar-refractivity contribution is -0.0463. The third-order valence-electron chi connectivity index (χ3n) is 2.16. The lowest BCUT2D eigenvalue weighted by atomic mass is 9.93. The molecule has 6 heteroatoms. The lowest BCUT2D eigenvalue weighted by Crippen LogP contribution is -2.37. The monoisotopic (exact) mass is 240 g/mol. The minimum Gasteiger partial charge on any atom is -0.396 e. The molecule has 0 rings (SSSR count). The Morgan fingerprint density at radius 1 is 0.875 bits per heavy atom. The molecule has 6 nitrogen and oxygen atoms in total. The summed E-state index contributed by atoms with van der Waals surface area (Å²) in [5.41, 5.74) is -1.11. The zero-order valence-electron chi connectivity index (χ0n) is 9.71. The van der Waals surface area contributed by atoms with Crippen LogP contribution in [0.2, 0.25) is 0 Å². The van der Waals surface area contributed by atoms with Crippen LogP contribution < -0.4 is 0 Å². The number of hydrogen-bond acceptors (Lipinski definition) is 6. The van der Waals surface area contributed by atoms with Crippen molar-refractivity contribution < 1.29 is 30.6 Å². The number of aliphatic hydroxyl groups excluding tert-OH is 5. The first-order chi connectivity index (χ1) is 7.51. The molecule has 0 aromatic carbocycles. The number of rotatable bonds is 7. The van der Waals surface area contributed by atoms with Gasteiger partial charge in [0.1, 0.15) is 0 Å². The summed E-state index contributed by atoms with van der Waals surface area (Å²) >= 11 is 0. The van der Waals surface area contributed by atoms with E-state index in [0.29, 0.717) is 6.42 Å². The van der Waals surface area contributed by atoms with Crippen LogP contribution in [0.25, 0.3) is 0 Å². The summed E-state index contributed by atoms with van der Waals surface area (Å²) in [6.07, 6.45) is 1.34. The van der Waals surface area contributed by atoms with Crippen molar-refractivity contribution in [1.82, 2.24) is 0 Å². The molecule has 0 bridgehead atoms. The normalized spacial score (nSPS) is 11.2. The first-order valence-electron chi connectivity index (χ1n) is 5.31. The van der Waals surface area contributed by atoms with Crippen molar-refractivity contribution in [2.24, 2.45) is 5.41 Å². The average Bonchev–Trinajstić information content (AvgIpc) is 2.31. The fraction of sp³-hybridized carbons (Fsp3) is 1.00. The molecule has 0 atom stereocenters. The molecule has 0 aromatic rings. The standard InChI is InChI=1S/C5H12O4.C5H12O2/c6-1-5(2-7,3-8)4-9;1-2-3-4-5(6)7/h6-9H,1-4H2;5-7H,2-4H2,1H3. The van der Waals surface area contributed by atoms with Crippen molar-refractivity contribution >= 4 is 0 Å². The van der Waals surface area contributed by atoms with Gasteiger partial charge in [-0.05, 0) is 12.8 Å². The summed E-state index contributed by atoms with van der Waals surface area (Å²) in [6.45, 7) is 0.391. The quantitative estimate of drug-likeness (QED) is 0.299. The summed E-state index contributed by atoms with van der Waals surface area (Å²) in [6, 6.07) is 0. The van der Waals surface area contributed by atoms with E-state index < -0.39 is 38.1 Å². The topological polar surface area (TPSA) is 121 Å². The highest BCUT2D eigenvalue weighted by molar-refractivity contribution is 4.74. The summed E-state index contributed by atoms with van der Waals surface area (Å²) < 4.78 is 0. The molecular weight excluding hydrogens is 216 g/mol. The van der Waals surface area contributed by atoms with Gasteiger partial charge in [-0.3, -0.25) is 0 Å². The maximum Gasteiger partial charge on any atom is 0.151 e. The van der Waals surface area contributed by atoms with E-state index >= 15 is 0 Å². The minimum absolute atomic E-state index is 0.406. The zero-order chi connectivity index (χ0) is 13.0. The van der Waals surface area contributed by atoms with Crippen molar-refractivity contribution in [2.75, 3.05) is 26.4 Å². The Labute approximate surface area is 95.8 Å². The Morgan fingerprint density at radius 3 is 1.31 bits per heavy atom. The van der Waals surface area contributed by atoms with Crippen LogP contribution in [-0.2, 0) is 0 Å². The highest BCUT2D eigenvalue weighted by Crippen LogP contribution is 2.11. The van der Waals surface area contributed by atoms with Gasteiger partial charge in [0, 0.05) is 0 Å². The fourth-order valence-electron chi connectivity index (χ4n) is 0.687. The van der Waals surface area contributed by atoms with E-state index in [9.17, 15) is 0 Å². The lowest BCUT2D eigenvalue weighted by Gasteiger charge is -2.23. The molecule has 0 aliphatic carbocycles. The van der Waals surface area contributed by atoms with Gasteiger partial charge in [0.05, 0.1) is 31.8 Å². The van der Waals surface area contributed by atoms with Crippen LogP contribution in [0.3, 0.4) is 0 Å². The van der Waals surface area contributed by atoms with Crippen LogP contribution in [0.5, 0.6) is 0 Å². The Morgan fingerprint density at radius 2 is 1.25 bits per heavy atom. The van der Waals surface area contributed by atoms with Crippen LogP contribution >= 0.6 is 0 Å². The molecule has 0 unspecified atom stereocenters. The van der Waals surface area contributed by atoms with E-state index in [1.165, 1.54) is 0 Å². The minimum atomic E-state index is -1.11. The first kappa shape index (κ1) is 18.1. The predicted molar refractivity (Wildman–Crippen MR) is 58.5 cm³/mol. The van der Waals surface area contributed by atoms with Gasteiger partial charge in [-0.25, -0.2) is 0 Å². The predicted octanol–water partition coefficient (Wildman–Crippen LogP) is -1.57. The smallest absolute Gasteiger partial charge is 0.151 e. The van der Waals surface area contributed by atoms with Crippen LogP contribution in [0.1, 0.15) is 26.2 Å². The second-order valence-corrected chi connectivity index (χ2v) is 3.76. The third-order valence-corrected chi connectivity index (χ3v) is 2.16. The molecule has 0 fully saturated rings. The molecule has 100 valence electrons. The molecule has 0 aliphatic heterocycles. The van der Waals surface area contributed by atoms with Crippen molar-refractivity contribution in [3.63, 3.8) is 0 Å². The molecule has 0 amide bonds. The molecule has 0 heterocycles. The van der Waals surface area contributed by atoms with E-state index in [0.717, 1.165) is 12.8 Å². The maximum atomic E-state index is 8.50. The second-order valence-electron chi connectivity index (χ2n) is 3.76. The van der Waals surface area contributed by atoms with Gasteiger partial charge in [0.25, 0.3) is 0 Å². The number of aliphatic hydroxyl groups is 6. The van der Waals surface area contributed by atoms with E-state index in [4.69, 9.17) is 30.6 Å². The van der Waals surface area contributed by atoms with E-state index in [2.05, 4.69) is 0 Å². The SMILES string of the molecule is CCCCC(O)O.OCC(CO)(CO)CO. The Kier molecular flexibility index (Phi) is 12.8. The number of hydrogen-bond donors (Lipinski definition) is 6. The Balaban J connectivity index is 0. The first-order valence-corrected chi connectivity index (χ1v) is 5.31. The van der Waals surface area contributed by atoms with Gasteiger partial charge in [-0.15, -0.1) is 0 Å².